The summed E-state index contributed by atoms with van der Waals surface area (Å²) in [4.78, 5) is 21.5. The standard InChI is InChI=1S/C21H28N4O/c1-3-16-10-8-9-13-18(16)25-20-14-19(22-15(2)23-20)21(26)24-17-11-6-4-5-7-12-17/h8-10,13-14,17H,3-7,11-12H2,1-2H3,(H,24,26)(H,22,23,25). The fourth-order valence-electron chi connectivity index (χ4n) is 3.52. The first-order valence-electron chi connectivity index (χ1n) is 9.67. The van der Waals surface area contributed by atoms with Gasteiger partial charge < -0.3 is 10.6 Å². The van der Waals surface area contributed by atoms with Gasteiger partial charge in [-0.1, -0.05) is 50.8 Å². The van der Waals surface area contributed by atoms with Crippen molar-refractivity contribution in [1.29, 1.82) is 0 Å². The maximum absolute atomic E-state index is 12.7. The third-order valence-electron chi connectivity index (χ3n) is 4.92. The first-order chi connectivity index (χ1) is 12.7. The fourth-order valence-corrected chi connectivity index (χ4v) is 3.52. The molecule has 0 bridgehead atoms. The van der Waals surface area contributed by atoms with Crippen molar-refractivity contribution in [2.45, 2.75) is 64.8 Å². The molecule has 0 radical (unpaired) electrons. The summed E-state index contributed by atoms with van der Waals surface area (Å²) in [6.07, 6.45) is 7.97. The second kappa shape index (κ2) is 8.79. The van der Waals surface area contributed by atoms with E-state index in [1.165, 1.54) is 31.2 Å². The molecule has 1 aliphatic carbocycles. The van der Waals surface area contributed by atoms with Crippen molar-refractivity contribution in [2.75, 3.05) is 5.32 Å². The van der Waals surface area contributed by atoms with Crippen LogP contribution < -0.4 is 10.6 Å². The monoisotopic (exact) mass is 352 g/mol. The average molecular weight is 352 g/mol. The van der Waals surface area contributed by atoms with E-state index >= 15 is 0 Å². The molecule has 1 aromatic heterocycles. The van der Waals surface area contributed by atoms with Crippen LogP contribution in [0.15, 0.2) is 30.3 Å². The van der Waals surface area contributed by atoms with Crippen LogP contribution in [-0.4, -0.2) is 21.9 Å². The zero-order valence-corrected chi connectivity index (χ0v) is 15.7. The van der Waals surface area contributed by atoms with Crippen molar-refractivity contribution in [2.24, 2.45) is 0 Å². The van der Waals surface area contributed by atoms with Crippen LogP contribution in [-0.2, 0) is 6.42 Å². The molecule has 1 aromatic carbocycles. The highest BCUT2D eigenvalue weighted by molar-refractivity contribution is 5.93. The number of nitrogens with zero attached hydrogens (tertiary/aromatic N) is 2. The van der Waals surface area contributed by atoms with E-state index in [1.807, 2.05) is 25.1 Å². The molecule has 2 N–H and O–H groups in total. The van der Waals surface area contributed by atoms with Crippen LogP contribution in [0.2, 0.25) is 0 Å². The van der Waals surface area contributed by atoms with Crippen molar-refractivity contribution in [3.05, 3.63) is 47.4 Å². The molecule has 1 heterocycles. The van der Waals surface area contributed by atoms with Gasteiger partial charge in [-0.05, 0) is 37.8 Å². The summed E-state index contributed by atoms with van der Waals surface area (Å²) in [5, 5.41) is 6.50. The van der Waals surface area contributed by atoms with E-state index in [1.54, 1.807) is 6.07 Å². The summed E-state index contributed by atoms with van der Waals surface area (Å²) in [7, 11) is 0. The van der Waals surface area contributed by atoms with Gasteiger partial charge in [0.2, 0.25) is 0 Å². The average Bonchev–Trinajstić information content (AvgIpc) is 2.90. The molecular formula is C21H28N4O. The number of amides is 1. The van der Waals surface area contributed by atoms with Crippen molar-refractivity contribution in [3.8, 4) is 0 Å². The number of benzene rings is 1. The molecule has 138 valence electrons. The van der Waals surface area contributed by atoms with Gasteiger partial charge >= 0.3 is 0 Å². The molecule has 0 unspecified atom stereocenters. The number of aromatic nitrogens is 2. The van der Waals surface area contributed by atoms with E-state index in [-0.39, 0.29) is 11.9 Å². The van der Waals surface area contributed by atoms with Gasteiger partial charge in [0.15, 0.2) is 0 Å². The Morgan fingerprint density at radius 2 is 1.85 bits per heavy atom. The topological polar surface area (TPSA) is 66.9 Å². The van der Waals surface area contributed by atoms with Crippen LogP contribution in [0.4, 0.5) is 11.5 Å². The summed E-state index contributed by atoms with van der Waals surface area (Å²) in [5.41, 5.74) is 2.66. The van der Waals surface area contributed by atoms with Crippen LogP contribution in [0, 0.1) is 6.92 Å². The zero-order chi connectivity index (χ0) is 18.4. The highest BCUT2D eigenvalue weighted by atomic mass is 16.1. The summed E-state index contributed by atoms with van der Waals surface area (Å²) < 4.78 is 0. The number of anilines is 2. The van der Waals surface area contributed by atoms with Crippen molar-refractivity contribution < 1.29 is 4.79 Å². The molecule has 1 saturated carbocycles. The Kier molecular flexibility index (Phi) is 6.21. The predicted octanol–water partition coefficient (Wildman–Crippen LogP) is 4.54. The first-order valence-corrected chi connectivity index (χ1v) is 9.67. The smallest absolute Gasteiger partial charge is 0.270 e. The molecule has 0 aliphatic heterocycles. The van der Waals surface area contributed by atoms with Gasteiger partial charge in [0, 0.05) is 17.8 Å². The number of hydrogen-bond acceptors (Lipinski definition) is 4. The number of nitrogens with one attached hydrogen (secondary N) is 2. The molecular weight excluding hydrogens is 324 g/mol. The summed E-state index contributed by atoms with van der Waals surface area (Å²) in [6, 6.07) is 10.1. The summed E-state index contributed by atoms with van der Waals surface area (Å²) >= 11 is 0. The molecule has 0 spiro atoms. The predicted molar refractivity (Wildman–Crippen MR) is 105 cm³/mol. The number of carbonyl (C=O) groups is 1. The van der Waals surface area contributed by atoms with Crippen LogP contribution >= 0.6 is 0 Å². The molecule has 0 saturated heterocycles. The van der Waals surface area contributed by atoms with E-state index in [0.717, 1.165) is 24.9 Å². The molecule has 0 atom stereocenters. The molecule has 1 fully saturated rings. The van der Waals surface area contributed by atoms with Gasteiger partial charge in [-0.2, -0.15) is 0 Å². The third-order valence-corrected chi connectivity index (χ3v) is 4.92. The van der Waals surface area contributed by atoms with E-state index in [2.05, 4.69) is 33.6 Å². The zero-order valence-electron chi connectivity index (χ0n) is 15.7. The third kappa shape index (κ3) is 4.81. The van der Waals surface area contributed by atoms with Gasteiger partial charge in [0.05, 0.1) is 0 Å². The number of rotatable bonds is 5. The van der Waals surface area contributed by atoms with Gasteiger partial charge in [0.1, 0.15) is 17.3 Å². The van der Waals surface area contributed by atoms with Crippen LogP contribution in [0.3, 0.4) is 0 Å². The second-order valence-corrected chi connectivity index (χ2v) is 6.98. The van der Waals surface area contributed by atoms with Gasteiger partial charge in [-0.15, -0.1) is 0 Å². The molecule has 5 heteroatoms. The first kappa shape index (κ1) is 18.4. The van der Waals surface area contributed by atoms with E-state index in [9.17, 15) is 4.79 Å². The summed E-state index contributed by atoms with van der Waals surface area (Å²) in [6.45, 7) is 3.94. The lowest BCUT2D eigenvalue weighted by Crippen LogP contribution is -2.35. The Balaban J connectivity index is 1.75. The minimum absolute atomic E-state index is 0.103. The van der Waals surface area contributed by atoms with Gasteiger partial charge in [0.25, 0.3) is 5.91 Å². The number of aryl methyl sites for hydroxylation is 2. The quantitative estimate of drug-likeness (QED) is 0.775. The largest absolute Gasteiger partial charge is 0.348 e. The van der Waals surface area contributed by atoms with Crippen LogP contribution in [0.1, 0.15) is 67.3 Å². The molecule has 1 aliphatic rings. The number of hydrogen-bond donors (Lipinski definition) is 2. The van der Waals surface area contributed by atoms with Crippen molar-refractivity contribution >= 4 is 17.4 Å². The van der Waals surface area contributed by atoms with Crippen LogP contribution in [0.25, 0.3) is 0 Å². The second-order valence-electron chi connectivity index (χ2n) is 6.98. The molecule has 2 aromatic rings. The minimum atomic E-state index is -0.103. The van der Waals surface area contributed by atoms with Crippen molar-refractivity contribution in [3.63, 3.8) is 0 Å². The molecule has 5 nitrogen and oxygen atoms in total. The maximum atomic E-state index is 12.7. The Morgan fingerprint density at radius 1 is 1.12 bits per heavy atom. The lowest BCUT2D eigenvalue weighted by atomic mass is 10.1. The summed E-state index contributed by atoms with van der Waals surface area (Å²) in [5.74, 6) is 1.15. The molecule has 1 amide bonds. The van der Waals surface area contributed by atoms with E-state index in [4.69, 9.17) is 0 Å². The Labute approximate surface area is 155 Å². The Bertz CT molecular complexity index is 751. The SMILES string of the molecule is CCc1ccccc1Nc1cc(C(=O)NC2CCCCCC2)nc(C)n1. The highest BCUT2D eigenvalue weighted by Gasteiger charge is 2.17. The van der Waals surface area contributed by atoms with Gasteiger partial charge in [-0.3, -0.25) is 4.79 Å². The Morgan fingerprint density at radius 3 is 2.58 bits per heavy atom. The van der Waals surface area contributed by atoms with Gasteiger partial charge in [-0.25, -0.2) is 9.97 Å². The van der Waals surface area contributed by atoms with E-state index in [0.29, 0.717) is 17.3 Å². The lowest BCUT2D eigenvalue weighted by molar-refractivity contribution is 0.0928. The minimum Gasteiger partial charge on any atom is -0.348 e. The molecule has 3 rings (SSSR count). The van der Waals surface area contributed by atoms with Crippen LogP contribution in [0.5, 0.6) is 0 Å². The Hall–Kier alpha value is -2.43. The number of para-hydroxylation sites is 1. The maximum Gasteiger partial charge on any atom is 0.270 e. The van der Waals surface area contributed by atoms with Crippen molar-refractivity contribution in [1.82, 2.24) is 15.3 Å². The normalized spacial score (nSPS) is 15.3. The fraction of sp³-hybridized carbons (Fsp3) is 0.476. The highest BCUT2D eigenvalue weighted by Crippen LogP contribution is 2.21. The van der Waals surface area contributed by atoms with E-state index < -0.39 is 0 Å². The molecule has 26 heavy (non-hydrogen) atoms. The number of carbonyl (C=O) groups excluding carboxylic acids is 1. The lowest BCUT2D eigenvalue weighted by Gasteiger charge is -2.16.